The van der Waals surface area contributed by atoms with E-state index in [4.69, 9.17) is 4.74 Å². The van der Waals surface area contributed by atoms with Crippen molar-refractivity contribution in [2.24, 2.45) is 0 Å². The normalized spacial score (nSPS) is 11.6. The molecule has 0 bridgehead atoms. The minimum absolute atomic E-state index is 0.0294. The summed E-state index contributed by atoms with van der Waals surface area (Å²) in [4.78, 5) is 16.6. The van der Waals surface area contributed by atoms with Crippen molar-refractivity contribution in [3.63, 3.8) is 0 Å². The average Bonchev–Trinajstić information content (AvgIpc) is 2.67. The molecule has 0 fully saturated rings. The SMILES string of the molecule is Cc1ccc(OCC(=O)NC(c2ccccc2)c2ccncc2)c(C)c1. The molecular weight excluding hydrogens is 324 g/mol. The summed E-state index contributed by atoms with van der Waals surface area (Å²) in [6.45, 7) is 3.98. The first-order valence-electron chi connectivity index (χ1n) is 8.58. The smallest absolute Gasteiger partial charge is 0.258 e. The lowest BCUT2D eigenvalue weighted by Crippen LogP contribution is -2.33. The molecule has 132 valence electrons. The molecule has 0 radical (unpaired) electrons. The highest BCUT2D eigenvalue weighted by atomic mass is 16.5. The van der Waals surface area contributed by atoms with E-state index in [0.29, 0.717) is 0 Å². The number of hydrogen-bond donors (Lipinski definition) is 1. The molecule has 0 saturated carbocycles. The molecule has 4 heteroatoms. The van der Waals surface area contributed by atoms with E-state index < -0.39 is 0 Å². The van der Waals surface area contributed by atoms with E-state index in [2.05, 4.69) is 10.3 Å². The van der Waals surface area contributed by atoms with Crippen LogP contribution in [0, 0.1) is 13.8 Å². The zero-order chi connectivity index (χ0) is 18.4. The van der Waals surface area contributed by atoms with Crippen molar-refractivity contribution in [2.75, 3.05) is 6.61 Å². The van der Waals surface area contributed by atoms with Gasteiger partial charge in [-0.05, 0) is 48.7 Å². The summed E-state index contributed by atoms with van der Waals surface area (Å²) in [5, 5.41) is 3.06. The number of carbonyl (C=O) groups is 1. The first kappa shape index (κ1) is 17.7. The third-order valence-corrected chi connectivity index (χ3v) is 4.17. The lowest BCUT2D eigenvalue weighted by molar-refractivity contribution is -0.123. The molecular formula is C22H22N2O2. The van der Waals surface area contributed by atoms with E-state index >= 15 is 0 Å². The van der Waals surface area contributed by atoms with Gasteiger partial charge < -0.3 is 10.1 Å². The van der Waals surface area contributed by atoms with Gasteiger partial charge in [0.1, 0.15) is 5.75 Å². The Morgan fingerprint density at radius 3 is 2.38 bits per heavy atom. The molecule has 1 amide bonds. The summed E-state index contributed by atoms with van der Waals surface area (Å²) in [5.41, 5.74) is 4.18. The van der Waals surface area contributed by atoms with Crippen LogP contribution < -0.4 is 10.1 Å². The number of benzene rings is 2. The van der Waals surface area contributed by atoms with Crippen LogP contribution in [0.5, 0.6) is 5.75 Å². The van der Waals surface area contributed by atoms with Crippen molar-refractivity contribution in [2.45, 2.75) is 19.9 Å². The van der Waals surface area contributed by atoms with Crippen LogP contribution in [0.2, 0.25) is 0 Å². The number of pyridine rings is 1. The van der Waals surface area contributed by atoms with Crippen molar-refractivity contribution in [3.8, 4) is 5.75 Å². The molecule has 0 aliphatic rings. The average molecular weight is 346 g/mol. The van der Waals surface area contributed by atoms with Crippen LogP contribution in [0.3, 0.4) is 0 Å². The van der Waals surface area contributed by atoms with Crippen LogP contribution in [0.1, 0.15) is 28.3 Å². The second kappa shape index (κ2) is 8.30. The Kier molecular flexibility index (Phi) is 5.64. The molecule has 3 rings (SSSR count). The van der Waals surface area contributed by atoms with Gasteiger partial charge in [-0.3, -0.25) is 9.78 Å². The maximum atomic E-state index is 12.5. The third kappa shape index (κ3) is 4.48. The van der Waals surface area contributed by atoms with Crippen molar-refractivity contribution < 1.29 is 9.53 Å². The first-order chi connectivity index (χ1) is 12.6. The van der Waals surface area contributed by atoms with E-state index in [0.717, 1.165) is 22.4 Å². The lowest BCUT2D eigenvalue weighted by Gasteiger charge is -2.20. The molecule has 1 atom stereocenters. The van der Waals surface area contributed by atoms with E-state index in [1.165, 1.54) is 5.56 Å². The third-order valence-electron chi connectivity index (χ3n) is 4.17. The van der Waals surface area contributed by atoms with Gasteiger partial charge in [-0.2, -0.15) is 0 Å². The summed E-state index contributed by atoms with van der Waals surface area (Å²) in [7, 11) is 0. The van der Waals surface area contributed by atoms with Gasteiger partial charge in [-0.25, -0.2) is 0 Å². The minimum atomic E-state index is -0.241. The number of aromatic nitrogens is 1. The van der Waals surface area contributed by atoms with Crippen molar-refractivity contribution >= 4 is 5.91 Å². The molecule has 0 aliphatic carbocycles. The van der Waals surface area contributed by atoms with E-state index in [1.54, 1.807) is 12.4 Å². The second-order valence-corrected chi connectivity index (χ2v) is 6.25. The fraction of sp³-hybridized carbons (Fsp3) is 0.182. The molecule has 3 aromatic rings. The summed E-state index contributed by atoms with van der Waals surface area (Å²) >= 11 is 0. The maximum Gasteiger partial charge on any atom is 0.258 e. The molecule has 1 unspecified atom stereocenters. The number of nitrogens with zero attached hydrogens (tertiary/aromatic N) is 1. The molecule has 1 heterocycles. The minimum Gasteiger partial charge on any atom is -0.484 e. The summed E-state index contributed by atoms with van der Waals surface area (Å²) < 4.78 is 5.70. The number of carbonyl (C=O) groups excluding carboxylic acids is 1. The highest BCUT2D eigenvalue weighted by molar-refractivity contribution is 5.78. The first-order valence-corrected chi connectivity index (χ1v) is 8.58. The summed E-state index contributed by atoms with van der Waals surface area (Å²) in [5.74, 6) is 0.557. The Balaban J connectivity index is 1.71. The van der Waals surface area contributed by atoms with Crippen molar-refractivity contribution in [1.82, 2.24) is 10.3 Å². The summed E-state index contributed by atoms with van der Waals surface area (Å²) in [6, 6.07) is 19.4. The van der Waals surface area contributed by atoms with Crippen LogP contribution in [0.4, 0.5) is 0 Å². The van der Waals surface area contributed by atoms with E-state index in [1.807, 2.05) is 74.5 Å². The van der Waals surface area contributed by atoms with Gasteiger partial charge in [0.2, 0.25) is 0 Å². The van der Waals surface area contributed by atoms with Gasteiger partial charge in [0.15, 0.2) is 6.61 Å². The Morgan fingerprint density at radius 2 is 1.69 bits per heavy atom. The summed E-state index contributed by atoms with van der Waals surface area (Å²) in [6.07, 6.45) is 3.45. The van der Waals surface area contributed by atoms with Gasteiger partial charge in [0, 0.05) is 12.4 Å². The Bertz CT molecular complexity index is 824. The Morgan fingerprint density at radius 1 is 1.00 bits per heavy atom. The number of amides is 1. The second-order valence-electron chi connectivity index (χ2n) is 6.25. The molecule has 4 nitrogen and oxygen atoms in total. The van der Waals surface area contributed by atoms with Crippen LogP contribution in [0.15, 0.2) is 73.1 Å². The van der Waals surface area contributed by atoms with Crippen LogP contribution in [0.25, 0.3) is 0 Å². The van der Waals surface area contributed by atoms with Gasteiger partial charge >= 0.3 is 0 Å². The maximum absolute atomic E-state index is 12.5. The number of aryl methyl sites for hydroxylation is 2. The zero-order valence-corrected chi connectivity index (χ0v) is 15.0. The predicted molar refractivity (Wildman–Crippen MR) is 102 cm³/mol. The van der Waals surface area contributed by atoms with Gasteiger partial charge in [0.25, 0.3) is 5.91 Å². The Labute approximate surface area is 153 Å². The largest absolute Gasteiger partial charge is 0.484 e. The molecule has 1 N–H and O–H groups in total. The number of nitrogens with one attached hydrogen (secondary N) is 1. The quantitative estimate of drug-likeness (QED) is 0.734. The fourth-order valence-electron chi connectivity index (χ4n) is 2.87. The van der Waals surface area contributed by atoms with Crippen LogP contribution >= 0.6 is 0 Å². The van der Waals surface area contributed by atoms with Crippen molar-refractivity contribution in [1.29, 1.82) is 0 Å². The number of rotatable bonds is 6. The van der Waals surface area contributed by atoms with Crippen LogP contribution in [-0.2, 0) is 4.79 Å². The highest BCUT2D eigenvalue weighted by Gasteiger charge is 2.17. The molecule has 2 aromatic carbocycles. The Hall–Kier alpha value is -3.14. The molecule has 0 saturated heterocycles. The monoisotopic (exact) mass is 346 g/mol. The molecule has 0 spiro atoms. The molecule has 26 heavy (non-hydrogen) atoms. The highest BCUT2D eigenvalue weighted by Crippen LogP contribution is 2.22. The van der Waals surface area contributed by atoms with Crippen LogP contribution in [-0.4, -0.2) is 17.5 Å². The predicted octanol–water partition coefficient (Wildman–Crippen LogP) is 3.98. The number of hydrogen-bond acceptors (Lipinski definition) is 3. The molecule has 0 aliphatic heterocycles. The number of ether oxygens (including phenoxy) is 1. The van der Waals surface area contributed by atoms with E-state index in [9.17, 15) is 4.79 Å². The molecule has 1 aromatic heterocycles. The van der Waals surface area contributed by atoms with E-state index in [-0.39, 0.29) is 18.6 Å². The van der Waals surface area contributed by atoms with Gasteiger partial charge in [-0.15, -0.1) is 0 Å². The standard InChI is InChI=1S/C22H22N2O2/c1-16-8-9-20(17(2)14-16)26-15-21(25)24-22(18-6-4-3-5-7-18)19-10-12-23-13-11-19/h3-14,22H,15H2,1-2H3,(H,24,25). The van der Waals surface area contributed by atoms with Gasteiger partial charge in [0.05, 0.1) is 6.04 Å². The zero-order valence-electron chi connectivity index (χ0n) is 15.0. The lowest BCUT2D eigenvalue weighted by atomic mass is 10.00. The van der Waals surface area contributed by atoms with Gasteiger partial charge in [-0.1, -0.05) is 48.0 Å². The van der Waals surface area contributed by atoms with Crippen molar-refractivity contribution in [3.05, 3.63) is 95.3 Å². The topological polar surface area (TPSA) is 51.2 Å². The fourth-order valence-corrected chi connectivity index (χ4v) is 2.87.